The molecule has 8 heteroatoms. The monoisotopic (exact) mass is 532 g/mol. The number of hydrogen-bond donors (Lipinski definition) is 1. The smallest absolute Gasteiger partial charge is 0.301 e. The van der Waals surface area contributed by atoms with Gasteiger partial charge >= 0.3 is 5.91 Å². The second-order valence-electron chi connectivity index (χ2n) is 8.91. The lowest BCUT2D eigenvalue weighted by molar-refractivity contribution is -0.132. The second kappa shape index (κ2) is 10.4. The summed E-state index contributed by atoms with van der Waals surface area (Å²) in [5.74, 6) is -1.07. The number of amides is 1. The minimum absolute atomic E-state index is 0.00223. The topological polar surface area (TPSA) is 79.7 Å². The van der Waals surface area contributed by atoms with Gasteiger partial charge in [-0.15, -0.1) is 0 Å². The Morgan fingerprint density at radius 1 is 1.08 bits per heavy atom. The number of ether oxygens (including phenoxy) is 1. The predicted molar refractivity (Wildman–Crippen MR) is 147 cm³/mol. The first-order chi connectivity index (χ1) is 17.9. The fourth-order valence-corrected chi connectivity index (χ4v) is 5.53. The van der Waals surface area contributed by atoms with E-state index in [4.69, 9.17) is 16.3 Å². The van der Waals surface area contributed by atoms with E-state index in [-0.39, 0.29) is 11.3 Å². The van der Waals surface area contributed by atoms with Gasteiger partial charge in [-0.2, -0.15) is 0 Å². The van der Waals surface area contributed by atoms with Crippen molar-refractivity contribution in [2.75, 3.05) is 11.5 Å². The van der Waals surface area contributed by atoms with Crippen molar-refractivity contribution < 1.29 is 19.4 Å². The maximum atomic E-state index is 13.4. The van der Waals surface area contributed by atoms with Gasteiger partial charge in [-0.05, 0) is 73.0 Å². The number of rotatable bonds is 7. The summed E-state index contributed by atoms with van der Waals surface area (Å²) in [5.41, 5.74) is 2.87. The molecule has 37 heavy (non-hydrogen) atoms. The molecular weight excluding hydrogens is 508 g/mol. The summed E-state index contributed by atoms with van der Waals surface area (Å²) in [4.78, 5) is 32.9. The van der Waals surface area contributed by atoms with Gasteiger partial charge in [0.15, 0.2) is 5.13 Å². The lowest BCUT2D eigenvalue weighted by Crippen LogP contribution is -2.29. The number of thiazole rings is 1. The maximum absolute atomic E-state index is 13.4. The van der Waals surface area contributed by atoms with E-state index in [2.05, 4.69) is 11.9 Å². The molecule has 0 saturated carbocycles. The molecular formula is C29H25ClN2O4S. The van der Waals surface area contributed by atoms with E-state index in [1.54, 1.807) is 24.3 Å². The van der Waals surface area contributed by atoms with Crippen molar-refractivity contribution in [3.63, 3.8) is 0 Å². The van der Waals surface area contributed by atoms with Crippen LogP contribution in [-0.2, 0) is 9.59 Å². The van der Waals surface area contributed by atoms with E-state index < -0.39 is 17.7 Å². The van der Waals surface area contributed by atoms with Gasteiger partial charge in [0.25, 0.3) is 5.78 Å². The first-order valence-electron chi connectivity index (χ1n) is 12.0. The van der Waals surface area contributed by atoms with Crippen molar-refractivity contribution in [3.8, 4) is 5.75 Å². The van der Waals surface area contributed by atoms with Crippen LogP contribution in [0.5, 0.6) is 5.75 Å². The normalized spacial score (nSPS) is 17.1. The molecule has 2 heterocycles. The summed E-state index contributed by atoms with van der Waals surface area (Å²) in [6.45, 7) is 4.69. The molecule has 1 saturated heterocycles. The second-order valence-corrected chi connectivity index (χ2v) is 10.4. The van der Waals surface area contributed by atoms with Gasteiger partial charge in [0, 0.05) is 10.6 Å². The summed E-state index contributed by atoms with van der Waals surface area (Å²) in [6, 6.07) is 18.7. The fraction of sp³-hybridized carbons (Fsp3) is 0.207. The molecule has 1 N–H and O–H groups in total. The van der Waals surface area contributed by atoms with Gasteiger partial charge in [0.05, 0.1) is 28.4 Å². The molecule has 0 spiro atoms. The van der Waals surface area contributed by atoms with Crippen LogP contribution in [0, 0.1) is 6.92 Å². The van der Waals surface area contributed by atoms with Crippen LogP contribution < -0.4 is 9.64 Å². The highest BCUT2D eigenvalue weighted by Crippen LogP contribution is 2.44. The number of halogens is 1. The maximum Gasteiger partial charge on any atom is 0.301 e. The number of aliphatic hydroxyl groups excluding tert-OH is 1. The number of nitrogens with zero attached hydrogens (tertiary/aromatic N) is 2. The number of benzene rings is 3. The Bertz CT molecular complexity index is 1510. The quantitative estimate of drug-likeness (QED) is 0.119. The Labute approximate surface area is 223 Å². The summed E-state index contributed by atoms with van der Waals surface area (Å²) < 4.78 is 6.70. The third-order valence-electron chi connectivity index (χ3n) is 6.26. The number of unbranched alkanes of at least 4 members (excludes halogenated alkanes) is 1. The van der Waals surface area contributed by atoms with Crippen LogP contribution in [0.2, 0.25) is 5.02 Å². The molecule has 1 amide bonds. The minimum Gasteiger partial charge on any atom is -0.507 e. The first kappa shape index (κ1) is 25.0. The van der Waals surface area contributed by atoms with Crippen LogP contribution >= 0.6 is 22.9 Å². The van der Waals surface area contributed by atoms with Crippen molar-refractivity contribution in [3.05, 3.63) is 94.0 Å². The van der Waals surface area contributed by atoms with E-state index in [0.29, 0.717) is 33.6 Å². The standard InChI is InChI=1S/C29H25ClN2O4S/c1-3-4-15-36-21-12-8-18(9-13-21)25-24(26(33)19-6-10-20(30)11-7-19)27(34)28(35)32(25)29-31-22-14-5-17(2)16-23(22)37-29/h5-14,16,25,33H,3-4,15H2,1-2H3. The average molecular weight is 533 g/mol. The zero-order valence-electron chi connectivity index (χ0n) is 20.4. The van der Waals surface area contributed by atoms with Crippen LogP contribution in [-0.4, -0.2) is 28.4 Å². The lowest BCUT2D eigenvalue weighted by Gasteiger charge is -2.23. The predicted octanol–water partition coefficient (Wildman–Crippen LogP) is 7.06. The van der Waals surface area contributed by atoms with Gasteiger partial charge in [-0.25, -0.2) is 4.98 Å². The molecule has 1 unspecified atom stereocenters. The number of Topliss-reactive ketones (excluding diaryl/α,β-unsaturated/α-hetero) is 1. The molecule has 6 nitrogen and oxygen atoms in total. The number of aliphatic hydroxyl groups is 1. The van der Waals surface area contributed by atoms with Crippen LogP contribution in [0.1, 0.15) is 42.5 Å². The van der Waals surface area contributed by atoms with Crippen molar-refractivity contribution in [2.24, 2.45) is 0 Å². The molecule has 0 bridgehead atoms. The van der Waals surface area contributed by atoms with E-state index >= 15 is 0 Å². The fourth-order valence-electron chi connectivity index (χ4n) is 4.31. The summed E-state index contributed by atoms with van der Waals surface area (Å²) in [7, 11) is 0. The van der Waals surface area contributed by atoms with Gasteiger partial charge in [0.2, 0.25) is 0 Å². The molecule has 3 aromatic carbocycles. The van der Waals surface area contributed by atoms with E-state index in [9.17, 15) is 14.7 Å². The van der Waals surface area contributed by atoms with Crippen LogP contribution in [0.25, 0.3) is 16.0 Å². The molecule has 4 aromatic rings. The zero-order chi connectivity index (χ0) is 26.1. The molecule has 5 rings (SSSR count). The minimum atomic E-state index is -0.859. The molecule has 1 aliphatic rings. The van der Waals surface area contributed by atoms with E-state index in [1.165, 1.54) is 16.2 Å². The Kier molecular flexibility index (Phi) is 7.00. The highest BCUT2D eigenvalue weighted by Gasteiger charge is 2.48. The third kappa shape index (κ3) is 4.84. The summed E-state index contributed by atoms with van der Waals surface area (Å²) in [5, 5.41) is 12.2. The number of carbonyl (C=O) groups excluding carboxylic acids is 2. The number of aromatic nitrogens is 1. The van der Waals surface area contributed by atoms with E-state index in [1.807, 2.05) is 49.4 Å². The average Bonchev–Trinajstić information content (AvgIpc) is 3.42. The van der Waals surface area contributed by atoms with Gasteiger partial charge in [-0.3, -0.25) is 14.5 Å². The van der Waals surface area contributed by atoms with Gasteiger partial charge < -0.3 is 9.84 Å². The van der Waals surface area contributed by atoms with Crippen molar-refractivity contribution in [2.45, 2.75) is 32.7 Å². The van der Waals surface area contributed by atoms with Gasteiger partial charge in [-0.1, -0.05) is 54.5 Å². The summed E-state index contributed by atoms with van der Waals surface area (Å²) >= 11 is 7.36. The van der Waals surface area contributed by atoms with Crippen LogP contribution in [0.4, 0.5) is 5.13 Å². The van der Waals surface area contributed by atoms with Crippen molar-refractivity contribution in [1.29, 1.82) is 0 Å². The first-order valence-corrected chi connectivity index (χ1v) is 13.2. The Hall–Kier alpha value is -3.68. The molecule has 1 aliphatic heterocycles. The number of carbonyl (C=O) groups is 2. The highest BCUT2D eigenvalue weighted by molar-refractivity contribution is 7.22. The number of aryl methyl sites for hydroxylation is 1. The van der Waals surface area contributed by atoms with Crippen LogP contribution in [0.3, 0.4) is 0 Å². The molecule has 0 radical (unpaired) electrons. The summed E-state index contributed by atoms with van der Waals surface area (Å²) in [6.07, 6.45) is 1.97. The molecule has 0 aliphatic carbocycles. The number of anilines is 1. The Morgan fingerprint density at radius 2 is 1.81 bits per heavy atom. The highest BCUT2D eigenvalue weighted by atomic mass is 35.5. The van der Waals surface area contributed by atoms with E-state index in [0.717, 1.165) is 28.6 Å². The largest absolute Gasteiger partial charge is 0.507 e. The Balaban J connectivity index is 1.64. The molecule has 1 atom stereocenters. The van der Waals surface area contributed by atoms with Crippen LogP contribution in [0.15, 0.2) is 72.3 Å². The molecule has 1 aromatic heterocycles. The number of fused-ring (bicyclic) bond motifs is 1. The molecule has 188 valence electrons. The van der Waals surface area contributed by atoms with Crippen molar-refractivity contribution in [1.82, 2.24) is 4.98 Å². The van der Waals surface area contributed by atoms with Gasteiger partial charge in [0.1, 0.15) is 11.5 Å². The lowest BCUT2D eigenvalue weighted by atomic mass is 9.95. The van der Waals surface area contributed by atoms with Crippen molar-refractivity contribution >= 4 is 55.7 Å². The zero-order valence-corrected chi connectivity index (χ0v) is 22.0. The third-order valence-corrected chi connectivity index (χ3v) is 7.53. The Morgan fingerprint density at radius 3 is 2.51 bits per heavy atom. The number of ketones is 1. The molecule has 1 fully saturated rings. The number of hydrogen-bond acceptors (Lipinski definition) is 6. The SMILES string of the molecule is CCCCOc1ccc(C2C(=C(O)c3ccc(Cl)cc3)C(=O)C(=O)N2c2nc3ccc(C)cc3s2)cc1.